The van der Waals surface area contributed by atoms with Crippen molar-refractivity contribution < 1.29 is 0 Å². The molecule has 84 valence electrons. The van der Waals surface area contributed by atoms with E-state index >= 15 is 0 Å². The maximum Gasteiger partial charge on any atom is 0.162 e. The quantitative estimate of drug-likeness (QED) is 0.609. The molecule has 0 fully saturated rings. The minimum absolute atomic E-state index is 0.520. The van der Waals surface area contributed by atoms with Crippen LogP contribution in [0, 0.1) is 6.92 Å². The fourth-order valence-corrected chi connectivity index (χ4v) is 2.70. The first-order valence-electron chi connectivity index (χ1n) is 5.22. The molecule has 2 heterocycles. The van der Waals surface area contributed by atoms with E-state index in [9.17, 15) is 0 Å². The van der Waals surface area contributed by atoms with Gasteiger partial charge in [0.15, 0.2) is 5.82 Å². The number of fused-ring (bicyclic) bond motifs is 1. The number of aromatic nitrogens is 2. The van der Waals surface area contributed by atoms with Crippen molar-refractivity contribution in [3.63, 3.8) is 0 Å². The van der Waals surface area contributed by atoms with Gasteiger partial charge in [-0.2, -0.15) is 0 Å². The van der Waals surface area contributed by atoms with Crippen molar-refractivity contribution >= 4 is 33.2 Å². The third-order valence-corrected chi connectivity index (χ3v) is 3.68. The molecule has 0 amide bonds. The van der Waals surface area contributed by atoms with Gasteiger partial charge in [-0.3, -0.25) is 0 Å². The molecular weight excluding hydrogens is 252 g/mol. The van der Waals surface area contributed by atoms with Gasteiger partial charge >= 0.3 is 0 Å². The summed E-state index contributed by atoms with van der Waals surface area (Å²) in [7, 11) is 0. The third kappa shape index (κ3) is 1.92. The van der Waals surface area contributed by atoms with Gasteiger partial charge in [0.2, 0.25) is 0 Å². The van der Waals surface area contributed by atoms with Gasteiger partial charge in [0.1, 0.15) is 9.98 Å². The van der Waals surface area contributed by atoms with Crippen LogP contribution in [0.25, 0.3) is 21.6 Å². The number of halogens is 1. The summed E-state index contributed by atoms with van der Waals surface area (Å²) in [6.45, 7) is 2.06. The Bertz CT molecular complexity index is 673. The summed E-state index contributed by atoms with van der Waals surface area (Å²) in [6, 6.07) is 10.1. The average molecular weight is 261 g/mol. The standard InChI is InChI=1S/C13H9ClN2S/c1-8-2-4-9(5-3-8)12-15-11(14)10-6-7-17-13(10)16-12/h2-7H,1H3. The number of thiophene rings is 1. The maximum absolute atomic E-state index is 6.14. The lowest BCUT2D eigenvalue weighted by Crippen LogP contribution is -1.89. The van der Waals surface area contributed by atoms with Crippen LogP contribution < -0.4 is 0 Å². The summed E-state index contributed by atoms with van der Waals surface area (Å²) in [5, 5.41) is 3.42. The Morgan fingerprint density at radius 1 is 1.06 bits per heavy atom. The van der Waals surface area contributed by atoms with Crippen LogP contribution in [-0.2, 0) is 0 Å². The van der Waals surface area contributed by atoms with Gasteiger partial charge in [0.25, 0.3) is 0 Å². The van der Waals surface area contributed by atoms with E-state index in [1.54, 1.807) is 11.3 Å². The number of benzene rings is 1. The zero-order chi connectivity index (χ0) is 11.8. The molecule has 0 saturated carbocycles. The maximum atomic E-state index is 6.14. The van der Waals surface area contributed by atoms with Gasteiger partial charge in [-0.1, -0.05) is 41.4 Å². The summed E-state index contributed by atoms with van der Waals surface area (Å²) in [5.74, 6) is 0.685. The van der Waals surface area contributed by atoms with Crippen molar-refractivity contribution in [1.82, 2.24) is 9.97 Å². The smallest absolute Gasteiger partial charge is 0.162 e. The summed E-state index contributed by atoms with van der Waals surface area (Å²) >= 11 is 7.72. The molecule has 0 saturated heterocycles. The molecule has 17 heavy (non-hydrogen) atoms. The second-order valence-electron chi connectivity index (χ2n) is 3.84. The number of hydrogen-bond donors (Lipinski definition) is 0. The highest BCUT2D eigenvalue weighted by atomic mass is 35.5. The van der Waals surface area contributed by atoms with Crippen LogP contribution in [0.1, 0.15) is 5.56 Å². The van der Waals surface area contributed by atoms with E-state index in [1.165, 1.54) is 5.56 Å². The minimum Gasteiger partial charge on any atom is -0.217 e. The second-order valence-corrected chi connectivity index (χ2v) is 5.10. The van der Waals surface area contributed by atoms with Crippen molar-refractivity contribution in [2.75, 3.05) is 0 Å². The lowest BCUT2D eigenvalue weighted by Gasteiger charge is -2.02. The Labute approximate surface area is 108 Å². The molecule has 2 nitrogen and oxygen atoms in total. The van der Waals surface area contributed by atoms with E-state index in [4.69, 9.17) is 11.6 Å². The predicted molar refractivity (Wildman–Crippen MR) is 72.6 cm³/mol. The van der Waals surface area contributed by atoms with E-state index in [0.29, 0.717) is 11.0 Å². The fraction of sp³-hybridized carbons (Fsp3) is 0.0769. The van der Waals surface area contributed by atoms with Gasteiger partial charge in [0, 0.05) is 10.9 Å². The molecule has 3 aromatic rings. The fourth-order valence-electron chi connectivity index (χ4n) is 1.65. The molecule has 3 rings (SSSR count). The first-order valence-corrected chi connectivity index (χ1v) is 6.47. The molecule has 0 aliphatic rings. The Balaban J connectivity index is 2.20. The molecule has 0 N–H and O–H groups in total. The van der Waals surface area contributed by atoms with Crippen molar-refractivity contribution in [1.29, 1.82) is 0 Å². The molecule has 0 atom stereocenters. The SMILES string of the molecule is Cc1ccc(-c2nc(Cl)c3ccsc3n2)cc1. The average Bonchev–Trinajstić information content (AvgIpc) is 2.78. The van der Waals surface area contributed by atoms with Crippen LogP contribution in [0.4, 0.5) is 0 Å². The van der Waals surface area contributed by atoms with Crippen LogP contribution in [0.5, 0.6) is 0 Å². The Morgan fingerprint density at radius 2 is 1.82 bits per heavy atom. The van der Waals surface area contributed by atoms with Crippen LogP contribution >= 0.6 is 22.9 Å². The van der Waals surface area contributed by atoms with Gasteiger partial charge in [-0.05, 0) is 18.4 Å². The minimum atomic E-state index is 0.520. The van der Waals surface area contributed by atoms with E-state index in [0.717, 1.165) is 15.8 Å². The number of rotatable bonds is 1. The Hall–Kier alpha value is -1.45. The lowest BCUT2D eigenvalue weighted by atomic mass is 10.1. The predicted octanol–water partition coefficient (Wildman–Crippen LogP) is 4.32. The van der Waals surface area contributed by atoms with Crippen molar-refractivity contribution in [2.24, 2.45) is 0 Å². The highest BCUT2D eigenvalue weighted by molar-refractivity contribution is 7.16. The molecule has 0 radical (unpaired) electrons. The van der Waals surface area contributed by atoms with E-state index in [-0.39, 0.29) is 0 Å². The molecular formula is C13H9ClN2S. The normalized spacial score (nSPS) is 10.9. The van der Waals surface area contributed by atoms with E-state index in [2.05, 4.69) is 16.9 Å². The molecule has 0 bridgehead atoms. The molecule has 0 spiro atoms. The number of hydrogen-bond acceptors (Lipinski definition) is 3. The van der Waals surface area contributed by atoms with Crippen LogP contribution in [0.2, 0.25) is 5.15 Å². The topological polar surface area (TPSA) is 25.8 Å². The van der Waals surface area contributed by atoms with Crippen LogP contribution in [-0.4, -0.2) is 9.97 Å². The number of nitrogens with zero attached hydrogens (tertiary/aromatic N) is 2. The van der Waals surface area contributed by atoms with Crippen molar-refractivity contribution in [2.45, 2.75) is 6.92 Å². The van der Waals surface area contributed by atoms with Crippen LogP contribution in [0.3, 0.4) is 0 Å². The monoisotopic (exact) mass is 260 g/mol. The highest BCUT2D eigenvalue weighted by Gasteiger charge is 2.08. The highest BCUT2D eigenvalue weighted by Crippen LogP contribution is 2.28. The van der Waals surface area contributed by atoms with Gasteiger partial charge < -0.3 is 0 Å². The first-order chi connectivity index (χ1) is 8.24. The Kier molecular flexibility index (Phi) is 2.57. The summed E-state index contributed by atoms with van der Waals surface area (Å²) in [4.78, 5) is 9.78. The Morgan fingerprint density at radius 3 is 2.59 bits per heavy atom. The van der Waals surface area contributed by atoms with Gasteiger partial charge in [0.05, 0.1) is 0 Å². The molecule has 0 aliphatic heterocycles. The van der Waals surface area contributed by atoms with Gasteiger partial charge in [-0.15, -0.1) is 11.3 Å². The molecule has 0 unspecified atom stereocenters. The number of aryl methyl sites for hydroxylation is 1. The molecule has 1 aromatic carbocycles. The summed E-state index contributed by atoms with van der Waals surface area (Å²) < 4.78 is 0. The zero-order valence-electron chi connectivity index (χ0n) is 9.14. The first kappa shape index (κ1) is 10.7. The molecule has 2 aromatic heterocycles. The van der Waals surface area contributed by atoms with E-state index < -0.39 is 0 Å². The molecule has 4 heteroatoms. The summed E-state index contributed by atoms with van der Waals surface area (Å²) in [5.41, 5.74) is 2.21. The lowest BCUT2D eigenvalue weighted by molar-refractivity contribution is 1.24. The van der Waals surface area contributed by atoms with E-state index in [1.807, 2.05) is 35.7 Å². The summed E-state index contributed by atoms with van der Waals surface area (Å²) in [6.07, 6.45) is 0. The molecule has 0 aliphatic carbocycles. The third-order valence-electron chi connectivity index (χ3n) is 2.59. The second kappa shape index (κ2) is 4.09. The van der Waals surface area contributed by atoms with Crippen LogP contribution in [0.15, 0.2) is 35.7 Å². The largest absolute Gasteiger partial charge is 0.217 e. The van der Waals surface area contributed by atoms with Crippen molar-refractivity contribution in [3.8, 4) is 11.4 Å². The van der Waals surface area contributed by atoms with Crippen molar-refractivity contribution in [3.05, 3.63) is 46.4 Å². The zero-order valence-corrected chi connectivity index (χ0v) is 10.7. The van der Waals surface area contributed by atoms with Gasteiger partial charge in [-0.25, -0.2) is 9.97 Å².